The van der Waals surface area contributed by atoms with E-state index in [1.807, 2.05) is 0 Å². The van der Waals surface area contributed by atoms with Gasteiger partial charge in [-0.2, -0.15) is 4.31 Å². The topological polar surface area (TPSA) is 72.9 Å². The van der Waals surface area contributed by atoms with Crippen LogP contribution in [0.1, 0.15) is 12.5 Å². The van der Waals surface area contributed by atoms with E-state index in [1.165, 1.54) is 20.2 Å². The van der Waals surface area contributed by atoms with Crippen LogP contribution >= 0.6 is 0 Å². The summed E-state index contributed by atoms with van der Waals surface area (Å²) in [7, 11) is -1.08. The number of carbonyl (C=O) groups is 1. The molecule has 0 fully saturated rings. The van der Waals surface area contributed by atoms with Gasteiger partial charge >= 0.3 is 5.97 Å². The zero-order valence-electron chi connectivity index (χ0n) is 12.0. The van der Waals surface area contributed by atoms with Gasteiger partial charge in [0.25, 0.3) is 0 Å². The molecule has 0 radical (unpaired) electrons. The maximum atomic E-state index is 12.4. The Bertz CT molecular complexity index is 582. The second kappa shape index (κ2) is 6.71. The summed E-state index contributed by atoms with van der Waals surface area (Å²) in [5, 5.41) is 0. The molecule has 0 saturated carbocycles. The molecule has 1 rings (SSSR count). The molecular weight excluding hydrogens is 282 g/mol. The number of esters is 1. The van der Waals surface area contributed by atoms with Crippen LogP contribution in [0.25, 0.3) is 0 Å². The second-order valence-electron chi connectivity index (χ2n) is 4.22. The van der Waals surface area contributed by atoms with Crippen molar-refractivity contribution in [3.05, 3.63) is 23.8 Å². The molecular formula is C13H19NO5S. The van der Waals surface area contributed by atoms with Gasteiger partial charge in [-0.05, 0) is 31.5 Å². The average Bonchev–Trinajstić information content (AvgIpc) is 2.38. The first-order chi connectivity index (χ1) is 9.32. The van der Waals surface area contributed by atoms with Gasteiger partial charge in [-0.1, -0.05) is 6.07 Å². The molecule has 0 aliphatic heterocycles. The van der Waals surface area contributed by atoms with E-state index in [9.17, 15) is 13.2 Å². The van der Waals surface area contributed by atoms with Crippen molar-refractivity contribution in [1.29, 1.82) is 0 Å². The van der Waals surface area contributed by atoms with Gasteiger partial charge in [0.2, 0.25) is 10.0 Å². The van der Waals surface area contributed by atoms with Crippen molar-refractivity contribution in [2.75, 3.05) is 27.3 Å². The number of aryl methyl sites for hydroxylation is 1. The Labute approximate surface area is 119 Å². The van der Waals surface area contributed by atoms with E-state index >= 15 is 0 Å². The van der Waals surface area contributed by atoms with Gasteiger partial charge in [0, 0.05) is 7.05 Å². The van der Waals surface area contributed by atoms with Crippen LogP contribution in [0.2, 0.25) is 0 Å². The Morgan fingerprint density at radius 3 is 2.55 bits per heavy atom. The molecule has 0 amide bonds. The standard InChI is InChI=1S/C13H19NO5S/c1-5-19-13(15)9-14(3)20(16,17)12-8-10(2)6-7-11(12)18-4/h6-8H,5,9H2,1-4H3. The van der Waals surface area contributed by atoms with Gasteiger partial charge in [0.05, 0.1) is 13.7 Å². The summed E-state index contributed by atoms with van der Waals surface area (Å²) in [6.07, 6.45) is 0. The molecule has 0 N–H and O–H groups in total. The molecule has 0 aliphatic carbocycles. The van der Waals surface area contributed by atoms with Crippen LogP contribution in [0.5, 0.6) is 5.75 Å². The maximum Gasteiger partial charge on any atom is 0.321 e. The lowest BCUT2D eigenvalue weighted by Gasteiger charge is -2.18. The summed E-state index contributed by atoms with van der Waals surface area (Å²) in [4.78, 5) is 11.4. The predicted molar refractivity (Wildman–Crippen MR) is 74.2 cm³/mol. The van der Waals surface area contributed by atoms with E-state index in [2.05, 4.69) is 0 Å². The van der Waals surface area contributed by atoms with Crippen molar-refractivity contribution < 1.29 is 22.7 Å². The Kier molecular flexibility index (Phi) is 5.52. The summed E-state index contributed by atoms with van der Waals surface area (Å²) in [6, 6.07) is 4.85. The molecule has 7 heteroatoms. The Balaban J connectivity index is 3.10. The minimum Gasteiger partial charge on any atom is -0.495 e. The highest BCUT2D eigenvalue weighted by molar-refractivity contribution is 7.89. The number of hydrogen-bond acceptors (Lipinski definition) is 5. The third kappa shape index (κ3) is 3.71. The largest absolute Gasteiger partial charge is 0.495 e. The van der Waals surface area contributed by atoms with E-state index in [1.54, 1.807) is 26.0 Å². The van der Waals surface area contributed by atoms with E-state index in [0.717, 1.165) is 9.87 Å². The molecule has 0 aromatic heterocycles. The molecule has 0 spiro atoms. The van der Waals surface area contributed by atoms with Gasteiger partial charge in [-0.25, -0.2) is 8.42 Å². The SMILES string of the molecule is CCOC(=O)CN(C)S(=O)(=O)c1cc(C)ccc1OC. The molecule has 0 atom stereocenters. The first kappa shape index (κ1) is 16.5. The van der Waals surface area contributed by atoms with Gasteiger partial charge in [0.1, 0.15) is 17.2 Å². The summed E-state index contributed by atoms with van der Waals surface area (Å²) >= 11 is 0. The van der Waals surface area contributed by atoms with Crippen molar-refractivity contribution >= 4 is 16.0 Å². The molecule has 1 aromatic rings. The fourth-order valence-electron chi connectivity index (χ4n) is 1.63. The fraction of sp³-hybridized carbons (Fsp3) is 0.462. The number of likely N-dealkylation sites (N-methyl/N-ethyl adjacent to an activating group) is 1. The molecule has 0 unspecified atom stereocenters. The van der Waals surface area contributed by atoms with Crippen LogP contribution in [0.3, 0.4) is 0 Å². The minimum absolute atomic E-state index is 0.0341. The number of ether oxygens (including phenoxy) is 2. The van der Waals surface area contributed by atoms with Crippen molar-refractivity contribution in [1.82, 2.24) is 4.31 Å². The Morgan fingerprint density at radius 2 is 2.00 bits per heavy atom. The maximum absolute atomic E-state index is 12.4. The van der Waals surface area contributed by atoms with Gasteiger partial charge < -0.3 is 9.47 Å². The zero-order valence-corrected chi connectivity index (χ0v) is 12.9. The number of carbonyl (C=O) groups excluding carboxylic acids is 1. The van der Waals surface area contributed by atoms with Crippen LogP contribution in [-0.4, -0.2) is 46.0 Å². The monoisotopic (exact) mass is 301 g/mol. The number of hydrogen-bond donors (Lipinski definition) is 0. The average molecular weight is 301 g/mol. The highest BCUT2D eigenvalue weighted by Crippen LogP contribution is 2.27. The lowest BCUT2D eigenvalue weighted by molar-refractivity contribution is -0.143. The van der Waals surface area contributed by atoms with Crippen molar-refractivity contribution in [3.8, 4) is 5.75 Å². The molecule has 20 heavy (non-hydrogen) atoms. The predicted octanol–water partition coefficient (Wildman–Crippen LogP) is 1.19. The molecule has 0 aliphatic rings. The van der Waals surface area contributed by atoms with Crippen LogP contribution in [-0.2, 0) is 19.6 Å². The highest BCUT2D eigenvalue weighted by Gasteiger charge is 2.26. The van der Waals surface area contributed by atoms with Gasteiger partial charge in [-0.15, -0.1) is 0 Å². The van der Waals surface area contributed by atoms with Gasteiger partial charge in [0.15, 0.2) is 0 Å². The molecule has 112 valence electrons. The molecule has 1 aromatic carbocycles. The summed E-state index contributed by atoms with van der Waals surface area (Å²) < 4.78 is 35.6. The normalized spacial score (nSPS) is 11.4. The van der Waals surface area contributed by atoms with Crippen LogP contribution in [0.15, 0.2) is 23.1 Å². The Morgan fingerprint density at radius 1 is 1.35 bits per heavy atom. The molecule has 0 heterocycles. The summed E-state index contributed by atoms with van der Waals surface area (Å²) in [5.41, 5.74) is 0.786. The first-order valence-electron chi connectivity index (χ1n) is 6.09. The number of nitrogens with zero attached hydrogens (tertiary/aromatic N) is 1. The third-order valence-electron chi connectivity index (χ3n) is 2.66. The van der Waals surface area contributed by atoms with E-state index in [0.29, 0.717) is 0 Å². The summed E-state index contributed by atoms with van der Waals surface area (Å²) in [5.74, 6) is -0.350. The second-order valence-corrected chi connectivity index (χ2v) is 6.23. The highest BCUT2D eigenvalue weighted by atomic mass is 32.2. The van der Waals surface area contributed by atoms with Crippen LogP contribution in [0.4, 0.5) is 0 Å². The van der Waals surface area contributed by atoms with Crippen molar-refractivity contribution in [2.45, 2.75) is 18.7 Å². The summed E-state index contributed by atoms with van der Waals surface area (Å²) in [6.45, 7) is 3.31. The van der Waals surface area contributed by atoms with Crippen LogP contribution in [0, 0.1) is 6.92 Å². The number of benzene rings is 1. The zero-order chi connectivity index (χ0) is 15.3. The van der Waals surface area contributed by atoms with Crippen molar-refractivity contribution in [2.24, 2.45) is 0 Å². The Hall–Kier alpha value is -1.60. The molecule has 0 saturated heterocycles. The first-order valence-corrected chi connectivity index (χ1v) is 7.53. The number of rotatable bonds is 6. The smallest absolute Gasteiger partial charge is 0.321 e. The number of methoxy groups -OCH3 is 1. The lowest BCUT2D eigenvalue weighted by atomic mass is 10.2. The van der Waals surface area contributed by atoms with Crippen molar-refractivity contribution in [3.63, 3.8) is 0 Å². The van der Waals surface area contributed by atoms with E-state index in [-0.39, 0.29) is 23.8 Å². The fourth-order valence-corrected chi connectivity index (χ4v) is 2.98. The molecule has 6 nitrogen and oxygen atoms in total. The van der Waals surface area contributed by atoms with Gasteiger partial charge in [-0.3, -0.25) is 4.79 Å². The lowest BCUT2D eigenvalue weighted by Crippen LogP contribution is -2.33. The van der Waals surface area contributed by atoms with E-state index < -0.39 is 16.0 Å². The quantitative estimate of drug-likeness (QED) is 0.738. The third-order valence-corrected chi connectivity index (χ3v) is 4.49. The molecule has 0 bridgehead atoms. The van der Waals surface area contributed by atoms with Crippen LogP contribution < -0.4 is 4.74 Å². The number of sulfonamides is 1. The van der Waals surface area contributed by atoms with E-state index in [4.69, 9.17) is 9.47 Å². The minimum atomic E-state index is -3.81.